The number of hydrogen-bond donors (Lipinski definition) is 8. The molecule has 0 heterocycles. The van der Waals surface area contributed by atoms with Gasteiger partial charge in [-0.25, -0.2) is 4.79 Å². The third-order valence-electron chi connectivity index (χ3n) is 1.82. The molecule has 0 aliphatic rings. The molecule has 0 radical (unpaired) electrons. The number of carbonyl (C=O) groups excluding carboxylic acids is 1. The third kappa shape index (κ3) is 7.31. The van der Waals surface area contributed by atoms with Crippen molar-refractivity contribution in [3.8, 4) is 0 Å². The molecule has 18 heavy (non-hydrogen) atoms. The van der Waals surface area contributed by atoms with Crippen molar-refractivity contribution >= 4 is 57.0 Å². The fourth-order valence-corrected chi connectivity index (χ4v) is 0.835. The van der Waals surface area contributed by atoms with Gasteiger partial charge in [0.25, 0.3) is 4.27 Å². The van der Waals surface area contributed by atoms with Gasteiger partial charge in [-0.15, -0.1) is 25.3 Å². The molecular formula is C7H16O7S4. The molecule has 0 aromatic heterocycles. The first-order chi connectivity index (χ1) is 8.28. The van der Waals surface area contributed by atoms with Gasteiger partial charge in [0.05, 0.1) is 31.8 Å². The normalized spacial score (nSPS) is 11.6. The predicted octanol–water partition coefficient (Wildman–Crippen LogP) is -1.31. The third-order valence-corrected chi connectivity index (χ3v) is 3.09. The number of aliphatic hydroxyl groups excluding tert-OH is 4. The number of hydrogen-bond acceptors (Lipinski definition) is 11. The lowest BCUT2D eigenvalue weighted by molar-refractivity contribution is -0.137. The molecule has 0 spiro atoms. The topological polar surface area (TPSA) is 116 Å². The van der Waals surface area contributed by atoms with Crippen LogP contribution < -0.4 is 0 Å². The fourth-order valence-electron chi connectivity index (χ4n) is 0.397. The first-order valence-corrected chi connectivity index (χ1v) is 5.98. The molecule has 0 saturated heterocycles. The zero-order valence-electron chi connectivity index (χ0n) is 9.13. The maximum atomic E-state index is 10.4. The van der Waals surface area contributed by atoms with Crippen LogP contribution in [0.25, 0.3) is 0 Å². The Kier molecular flexibility index (Phi) is 12.2. The summed E-state index contributed by atoms with van der Waals surface area (Å²) in [5.74, 6) is -0.840. The van der Waals surface area contributed by atoms with E-state index in [4.69, 9.17) is 20.4 Å². The predicted molar refractivity (Wildman–Crippen MR) is 76.6 cm³/mol. The summed E-state index contributed by atoms with van der Waals surface area (Å²) in [4.78, 5) is 10.4. The van der Waals surface area contributed by atoms with Gasteiger partial charge in [-0.1, -0.05) is 0 Å². The Hall–Kier alpha value is 0.670. The Labute approximate surface area is 127 Å². The van der Waals surface area contributed by atoms with Gasteiger partial charge in [-0.2, -0.15) is 0 Å². The van der Waals surface area contributed by atoms with Crippen molar-refractivity contribution in [3.63, 3.8) is 0 Å². The summed E-state index contributed by atoms with van der Waals surface area (Å²) in [5.41, 5.74) is -1.11. The van der Waals surface area contributed by atoms with Crippen LogP contribution in [0, 0.1) is 5.41 Å². The van der Waals surface area contributed by atoms with Gasteiger partial charge >= 0.3 is 5.97 Å². The van der Waals surface area contributed by atoms with Gasteiger partial charge in [0, 0.05) is 12.9 Å². The number of rotatable bonds is 6. The SMILES string of the molecule is O=C(OS)C(S)(S)OS.OCC(CO)(CO)CO. The monoisotopic (exact) mass is 340 g/mol. The molecule has 0 unspecified atom stereocenters. The van der Waals surface area contributed by atoms with Crippen molar-refractivity contribution in [2.24, 2.45) is 5.41 Å². The van der Waals surface area contributed by atoms with Crippen LogP contribution in [-0.4, -0.2) is 57.1 Å². The van der Waals surface area contributed by atoms with Crippen LogP contribution >= 0.6 is 51.1 Å². The number of carbonyl (C=O) groups is 1. The second kappa shape index (κ2) is 10.5. The van der Waals surface area contributed by atoms with Gasteiger partial charge < -0.3 is 24.6 Å². The quantitative estimate of drug-likeness (QED) is 0.172. The van der Waals surface area contributed by atoms with Crippen molar-refractivity contribution in [1.29, 1.82) is 0 Å². The molecular weight excluding hydrogens is 324 g/mol. The van der Waals surface area contributed by atoms with Crippen LogP contribution in [0.3, 0.4) is 0 Å². The van der Waals surface area contributed by atoms with Crippen LogP contribution in [0.5, 0.6) is 0 Å². The van der Waals surface area contributed by atoms with E-state index in [2.05, 4.69) is 59.4 Å². The zero-order chi connectivity index (χ0) is 14.8. The van der Waals surface area contributed by atoms with E-state index in [0.717, 1.165) is 0 Å². The first kappa shape index (κ1) is 21.0. The van der Waals surface area contributed by atoms with E-state index in [-0.39, 0.29) is 0 Å². The van der Waals surface area contributed by atoms with E-state index in [9.17, 15) is 4.79 Å². The van der Waals surface area contributed by atoms with Crippen molar-refractivity contribution in [3.05, 3.63) is 0 Å². The van der Waals surface area contributed by atoms with E-state index in [1.165, 1.54) is 0 Å². The maximum absolute atomic E-state index is 10.4. The molecule has 0 rings (SSSR count). The highest BCUT2D eigenvalue weighted by molar-refractivity contribution is 8.02. The molecule has 0 saturated carbocycles. The molecule has 0 aliphatic heterocycles. The lowest BCUT2D eigenvalue weighted by atomic mass is 9.93. The molecule has 0 bridgehead atoms. The first-order valence-electron chi connectivity index (χ1n) is 4.35. The molecule has 110 valence electrons. The second-order valence-electron chi connectivity index (χ2n) is 3.21. The summed E-state index contributed by atoms with van der Waals surface area (Å²) in [7, 11) is 0. The maximum Gasteiger partial charge on any atom is 0.372 e. The molecule has 0 aliphatic carbocycles. The number of thiol groups is 4. The van der Waals surface area contributed by atoms with Gasteiger partial charge in [-0.3, -0.25) is 4.18 Å². The van der Waals surface area contributed by atoms with Crippen LogP contribution in [0.4, 0.5) is 0 Å². The average Bonchev–Trinajstić information content (AvgIpc) is 2.41. The Morgan fingerprint density at radius 1 is 0.944 bits per heavy atom. The Bertz CT molecular complexity index is 216. The van der Waals surface area contributed by atoms with Crippen molar-refractivity contribution < 1.29 is 33.6 Å². The zero-order valence-corrected chi connectivity index (χ0v) is 12.7. The summed E-state index contributed by atoms with van der Waals surface area (Å²) in [6.07, 6.45) is 0. The molecule has 0 amide bonds. The van der Waals surface area contributed by atoms with Crippen molar-refractivity contribution in [1.82, 2.24) is 0 Å². The summed E-state index contributed by atoms with van der Waals surface area (Å²) in [6, 6.07) is 0. The molecule has 4 N–H and O–H groups in total. The van der Waals surface area contributed by atoms with E-state index in [1.54, 1.807) is 0 Å². The summed E-state index contributed by atoms with van der Waals surface area (Å²) < 4.78 is 6.49. The van der Waals surface area contributed by atoms with Gasteiger partial charge in [0.2, 0.25) is 0 Å². The average molecular weight is 340 g/mol. The standard InChI is InChI=1S/C5H12O4.C2H4O3S4/c6-1-5(2-7,3-8)4-9;3-1(4-8)2(6,7)5-9/h6-9H,1-4H2;6-9H. The van der Waals surface area contributed by atoms with Crippen LogP contribution in [0.2, 0.25) is 0 Å². The highest BCUT2D eigenvalue weighted by atomic mass is 32.2. The van der Waals surface area contributed by atoms with Crippen molar-refractivity contribution in [2.75, 3.05) is 26.4 Å². The minimum atomic E-state index is -1.63. The highest BCUT2D eigenvalue weighted by Gasteiger charge is 2.32. The van der Waals surface area contributed by atoms with E-state index in [0.29, 0.717) is 0 Å². The smallest absolute Gasteiger partial charge is 0.372 e. The summed E-state index contributed by atoms with van der Waals surface area (Å²) in [5, 5.41) is 34.0. The summed E-state index contributed by atoms with van der Waals surface area (Å²) >= 11 is 13.7. The molecule has 0 aromatic carbocycles. The molecule has 0 aromatic rings. The van der Waals surface area contributed by atoms with Gasteiger partial charge in [0.15, 0.2) is 0 Å². The van der Waals surface area contributed by atoms with Crippen LogP contribution in [0.1, 0.15) is 0 Å². The minimum absolute atomic E-state index is 0.406. The molecule has 0 fully saturated rings. The van der Waals surface area contributed by atoms with E-state index < -0.39 is 42.1 Å². The van der Waals surface area contributed by atoms with Crippen LogP contribution in [-0.2, 0) is 13.2 Å². The molecule has 0 atom stereocenters. The highest BCUT2D eigenvalue weighted by Crippen LogP contribution is 2.24. The Morgan fingerprint density at radius 2 is 1.28 bits per heavy atom. The lowest BCUT2D eigenvalue weighted by Gasteiger charge is -2.23. The summed E-state index contributed by atoms with van der Waals surface area (Å²) in [6.45, 7) is -1.62. The van der Waals surface area contributed by atoms with Crippen LogP contribution in [0.15, 0.2) is 0 Å². The largest absolute Gasteiger partial charge is 0.396 e. The lowest BCUT2D eigenvalue weighted by Crippen LogP contribution is -2.37. The molecule has 7 nitrogen and oxygen atoms in total. The number of aliphatic hydroxyl groups is 4. The Morgan fingerprint density at radius 3 is 1.33 bits per heavy atom. The minimum Gasteiger partial charge on any atom is -0.396 e. The van der Waals surface area contributed by atoms with Crippen molar-refractivity contribution in [2.45, 2.75) is 4.27 Å². The fraction of sp³-hybridized carbons (Fsp3) is 0.857. The molecule has 11 heteroatoms. The van der Waals surface area contributed by atoms with E-state index in [1.807, 2.05) is 0 Å². The van der Waals surface area contributed by atoms with Gasteiger partial charge in [0.1, 0.15) is 0 Å². The van der Waals surface area contributed by atoms with E-state index >= 15 is 0 Å². The van der Waals surface area contributed by atoms with Gasteiger partial charge in [-0.05, 0) is 12.9 Å². The Balaban J connectivity index is 0. The second-order valence-corrected chi connectivity index (χ2v) is 5.19.